The van der Waals surface area contributed by atoms with E-state index in [1.807, 2.05) is 0 Å². The Bertz CT molecular complexity index is 557. The van der Waals surface area contributed by atoms with Crippen molar-refractivity contribution in [3.63, 3.8) is 0 Å². The fourth-order valence-corrected chi connectivity index (χ4v) is 2.55. The molecule has 1 aliphatic rings. The minimum atomic E-state index is 0.822. The van der Waals surface area contributed by atoms with Crippen molar-refractivity contribution in [2.24, 2.45) is 0 Å². The topological polar surface area (TPSA) is 9.23 Å². The molecule has 0 unspecified atom stereocenters. The van der Waals surface area contributed by atoms with Gasteiger partial charge in [0, 0.05) is 0 Å². The second-order valence-corrected chi connectivity index (χ2v) is 4.85. The van der Waals surface area contributed by atoms with Gasteiger partial charge >= 0.3 is 0 Å². The first-order valence-corrected chi connectivity index (χ1v) is 6.72. The van der Waals surface area contributed by atoms with Gasteiger partial charge in [0.1, 0.15) is 5.75 Å². The highest BCUT2D eigenvalue weighted by Gasteiger charge is 2.17. The van der Waals surface area contributed by atoms with Crippen molar-refractivity contribution in [3.8, 4) is 16.9 Å². The smallest absolute Gasteiger partial charge is 0.119 e. The number of hydrogen-bond acceptors (Lipinski definition) is 1. The maximum absolute atomic E-state index is 5.77. The third-order valence-electron chi connectivity index (χ3n) is 3.53. The van der Waals surface area contributed by atoms with Crippen LogP contribution in [0.25, 0.3) is 11.1 Å². The largest absolute Gasteiger partial charge is 0.494 e. The molecule has 0 N–H and O–H groups in total. The van der Waals surface area contributed by atoms with E-state index in [1.165, 1.54) is 28.7 Å². The Balaban J connectivity index is 1.84. The highest BCUT2D eigenvalue weighted by Crippen LogP contribution is 2.37. The lowest BCUT2D eigenvalue weighted by molar-refractivity contribution is 0.309. The fourth-order valence-electron chi connectivity index (χ4n) is 2.55. The van der Waals surface area contributed by atoms with E-state index in [2.05, 4.69) is 49.4 Å². The summed E-state index contributed by atoms with van der Waals surface area (Å²) in [5, 5.41) is 0. The molecule has 2 aromatic carbocycles. The normalized spacial score (nSPS) is 12.1. The Kier molecular flexibility index (Phi) is 3.06. The zero-order chi connectivity index (χ0) is 12.4. The average Bonchev–Trinajstić information content (AvgIpc) is 2.76. The third-order valence-corrected chi connectivity index (χ3v) is 3.53. The van der Waals surface area contributed by atoms with Gasteiger partial charge in [-0.05, 0) is 47.2 Å². The van der Waals surface area contributed by atoms with Crippen LogP contribution in [0.3, 0.4) is 0 Å². The first kappa shape index (κ1) is 11.3. The Labute approximate surface area is 108 Å². The molecule has 92 valence electrons. The first-order valence-electron chi connectivity index (χ1n) is 6.72. The summed E-state index contributed by atoms with van der Waals surface area (Å²) < 4.78 is 5.77. The summed E-state index contributed by atoms with van der Waals surface area (Å²) in [6, 6.07) is 15.1. The lowest BCUT2D eigenvalue weighted by Gasteiger charge is -2.07. The Morgan fingerprint density at radius 1 is 1.00 bits per heavy atom. The van der Waals surface area contributed by atoms with Crippen molar-refractivity contribution >= 4 is 0 Å². The molecule has 18 heavy (non-hydrogen) atoms. The molecule has 1 heteroatoms. The summed E-state index contributed by atoms with van der Waals surface area (Å²) in [6.45, 7) is 3.00. The zero-order valence-electron chi connectivity index (χ0n) is 10.8. The number of rotatable bonds is 4. The van der Waals surface area contributed by atoms with Crippen LogP contribution in [-0.2, 0) is 6.42 Å². The Hall–Kier alpha value is -1.76. The molecule has 1 nitrogen and oxygen atoms in total. The van der Waals surface area contributed by atoms with Gasteiger partial charge in [-0.3, -0.25) is 0 Å². The molecule has 0 saturated carbocycles. The summed E-state index contributed by atoms with van der Waals surface area (Å²) in [4.78, 5) is 0. The van der Waals surface area contributed by atoms with Gasteiger partial charge in [-0.15, -0.1) is 0 Å². The maximum Gasteiger partial charge on any atom is 0.119 e. The summed E-state index contributed by atoms with van der Waals surface area (Å²) >= 11 is 0. The van der Waals surface area contributed by atoms with Crippen molar-refractivity contribution < 1.29 is 4.74 Å². The maximum atomic E-state index is 5.77. The molecule has 0 atom stereocenters. The molecule has 0 radical (unpaired) electrons. The van der Waals surface area contributed by atoms with E-state index in [0.29, 0.717) is 0 Å². The highest BCUT2D eigenvalue weighted by atomic mass is 16.5. The van der Waals surface area contributed by atoms with E-state index in [-0.39, 0.29) is 0 Å². The fraction of sp³-hybridized carbons (Fsp3) is 0.294. The molecule has 0 fully saturated rings. The van der Waals surface area contributed by atoms with E-state index < -0.39 is 0 Å². The molecular weight excluding hydrogens is 220 g/mol. The standard InChI is InChI=1S/C17H18O/c1-2-3-10-18-15-8-9-17-14(12-15)11-13-6-4-5-7-16(13)17/h4-9,12H,2-3,10-11H2,1H3. The Morgan fingerprint density at radius 3 is 2.72 bits per heavy atom. The van der Waals surface area contributed by atoms with Crippen molar-refractivity contribution in [1.29, 1.82) is 0 Å². The van der Waals surface area contributed by atoms with Crippen LogP contribution in [0, 0.1) is 0 Å². The first-order chi connectivity index (χ1) is 8.88. The van der Waals surface area contributed by atoms with Crippen molar-refractivity contribution in [3.05, 3.63) is 53.6 Å². The van der Waals surface area contributed by atoms with Crippen molar-refractivity contribution in [2.45, 2.75) is 26.2 Å². The lowest BCUT2D eigenvalue weighted by Crippen LogP contribution is -1.96. The molecule has 1 aliphatic carbocycles. The number of benzene rings is 2. The van der Waals surface area contributed by atoms with Crippen molar-refractivity contribution in [1.82, 2.24) is 0 Å². The second-order valence-electron chi connectivity index (χ2n) is 4.85. The Morgan fingerprint density at radius 2 is 1.83 bits per heavy atom. The van der Waals surface area contributed by atoms with Gasteiger partial charge in [-0.2, -0.15) is 0 Å². The van der Waals surface area contributed by atoms with Crippen LogP contribution in [0.5, 0.6) is 5.75 Å². The van der Waals surface area contributed by atoms with Gasteiger partial charge in [-0.25, -0.2) is 0 Å². The van der Waals surface area contributed by atoms with Gasteiger partial charge in [-0.1, -0.05) is 43.7 Å². The van der Waals surface area contributed by atoms with Crippen molar-refractivity contribution in [2.75, 3.05) is 6.61 Å². The summed E-state index contributed by atoms with van der Waals surface area (Å²) in [6.07, 6.45) is 3.34. The number of fused-ring (bicyclic) bond motifs is 3. The lowest BCUT2D eigenvalue weighted by atomic mass is 10.1. The molecule has 3 rings (SSSR count). The highest BCUT2D eigenvalue weighted by molar-refractivity contribution is 5.77. The predicted octanol–water partition coefficient (Wildman–Crippen LogP) is 4.44. The molecule has 0 saturated heterocycles. The minimum Gasteiger partial charge on any atom is -0.494 e. The molecule has 0 aliphatic heterocycles. The van der Waals surface area contributed by atoms with Crippen LogP contribution in [0.4, 0.5) is 0 Å². The number of hydrogen-bond donors (Lipinski definition) is 0. The molecular formula is C17H18O. The van der Waals surface area contributed by atoms with Crippen LogP contribution in [0.2, 0.25) is 0 Å². The summed E-state index contributed by atoms with van der Waals surface area (Å²) in [5.41, 5.74) is 5.57. The van der Waals surface area contributed by atoms with Crippen LogP contribution in [-0.4, -0.2) is 6.61 Å². The molecule has 0 amide bonds. The number of unbranched alkanes of at least 4 members (excludes halogenated alkanes) is 1. The minimum absolute atomic E-state index is 0.822. The quantitative estimate of drug-likeness (QED) is 0.611. The van der Waals surface area contributed by atoms with Gasteiger partial charge in [0.25, 0.3) is 0 Å². The third kappa shape index (κ3) is 2.01. The van der Waals surface area contributed by atoms with E-state index in [1.54, 1.807) is 0 Å². The van der Waals surface area contributed by atoms with E-state index in [4.69, 9.17) is 4.74 Å². The monoisotopic (exact) mass is 238 g/mol. The number of ether oxygens (including phenoxy) is 1. The van der Waals surface area contributed by atoms with Gasteiger partial charge in [0.05, 0.1) is 6.61 Å². The van der Waals surface area contributed by atoms with Gasteiger partial charge < -0.3 is 4.74 Å². The molecule has 0 bridgehead atoms. The zero-order valence-corrected chi connectivity index (χ0v) is 10.8. The summed E-state index contributed by atoms with van der Waals surface area (Å²) in [7, 11) is 0. The predicted molar refractivity (Wildman–Crippen MR) is 75.1 cm³/mol. The van der Waals surface area contributed by atoms with E-state index in [0.717, 1.165) is 25.2 Å². The van der Waals surface area contributed by atoms with Crippen LogP contribution in [0.15, 0.2) is 42.5 Å². The molecule has 0 aromatic heterocycles. The van der Waals surface area contributed by atoms with Gasteiger partial charge in [0.15, 0.2) is 0 Å². The van der Waals surface area contributed by atoms with Crippen LogP contribution < -0.4 is 4.74 Å². The SMILES string of the molecule is CCCCOc1ccc2c(c1)Cc1ccccc1-2. The average molecular weight is 238 g/mol. The van der Waals surface area contributed by atoms with E-state index in [9.17, 15) is 0 Å². The van der Waals surface area contributed by atoms with E-state index >= 15 is 0 Å². The van der Waals surface area contributed by atoms with Gasteiger partial charge in [0.2, 0.25) is 0 Å². The molecule has 0 heterocycles. The second kappa shape index (κ2) is 4.85. The van der Waals surface area contributed by atoms with Crippen LogP contribution >= 0.6 is 0 Å². The van der Waals surface area contributed by atoms with Crippen LogP contribution in [0.1, 0.15) is 30.9 Å². The molecule has 2 aromatic rings. The summed E-state index contributed by atoms with van der Waals surface area (Å²) in [5.74, 6) is 1.01. The molecule has 0 spiro atoms.